The zero-order valence-corrected chi connectivity index (χ0v) is 14.1. The Bertz CT molecular complexity index is 821. The molecule has 6 heteroatoms. The van der Waals surface area contributed by atoms with Crippen LogP contribution in [-0.2, 0) is 14.4 Å². The number of carboxylic acid groups (broad SMARTS) is 2. The Labute approximate surface area is 150 Å². The first-order chi connectivity index (χ1) is 12.4. The van der Waals surface area contributed by atoms with E-state index in [4.69, 9.17) is 4.74 Å². The number of hydrogen-bond donors (Lipinski definition) is 2. The molecule has 0 amide bonds. The normalized spacial score (nSPS) is 12.3. The molecule has 0 saturated heterocycles. The average Bonchev–Trinajstić information content (AvgIpc) is 2.60. The molecule has 0 fully saturated rings. The summed E-state index contributed by atoms with van der Waals surface area (Å²) >= 11 is 0. The number of aryl methyl sites for hydroxylation is 1. The number of carbonyl (C=O) groups is 3. The van der Waals surface area contributed by atoms with Gasteiger partial charge in [-0.3, -0.25) is 9.59 Å². The van der Waals surface area contributed by atoms with Crippen LogP contribution in [0.15, 0.2) is 60.2 Å². The fourth-order valence-corrected chi connectivity index (χ4v) is 2.32. The third kappa shape index (κ3) is 5.31. The number of benzene rings is 2. The highest BCUT2D eigenvalue weighted by Crippen LogP contribution is 2.21. The Balaban J connectivity index is 2.21. The zero-order chi connectivity index (χ0) is 19.1. The predicted octanol–water partition coefficient (Wildman–Crippen LogP) is 3.16. The van der Waals surface area contributed by atoms with Gasteiger partial charge in [-0.1, -0.05) is 48.0 Å². The lowest BCUT2D eigenvalue weighted by Gasteiger charge is -2.13. The number of carbonyl (C=O) groups excluding carboxylic acids is 1. The Morgan fingerprint density at radius 2 is 1.62 bits per heavy atom. The molecule has 0 aliphatic carbocycles. The van der Waals surface area contributed by atoms with E-state index in [1.165, 1.54) is 6.08 Å². The molecule has 1 atom stereocenters. The quantitative estimate of drug-likeness (QED) is 0.450. The van der Waals surface area contributed by atoms with Gasteiger partial charge in [0.25, 0.3) is 0 Å². The topological polar surface area (TPSA) is 101 Å². The number of carboxylic acids is 2. The number of aliphatic carboxylic acids is 2. The fourth-order valence-electron chi connectivity index (χ4n) is 2.32. The van der Waals surface area contributed by atoms with Gasteiger partial charge in [-0.05, 0) is 30.7 Å². The van der Waals surface area contributed by atoms with E-state index in [2.05, 4.69) is 0 Å². The first-order valence-corrected chi connectivity index (χ1v) is 7.87. The van der Waals surface area contributed by atoms with E-state index in [9.17, 15) is 24.6 Å². The van der Waals surface area contributed by atoms with Crippen LogP contribution in [0.2, 0.25) is 0 Å². The molecule has 2 aromatic rings. The lowest BCUT2D eigenvalue weighted by Crippen LogP contribution is -2.26. The van der Waals surface area contributed by atoms with Crippen LogP contribution >= 0.6 is 0 Å². The average molecular weight is 354 g/mol. The van der Waals surface area contributed by atoms with Gasteiger partial charge in [-0.2, -0.15) is 0 Å². The molecule has 134 valence electrons. The van der Waals surface area contributed by atoms with Gasteiger partial charge in [0.1, 0.15) is 5.75 Å². The summed E-state index contributed by atoms with van der Waals surface area (Å²) in [6, 6.07) is 15.1. The number of ether oxygens (including phenoxy) is 1. The molecule has 1 unspecified atom stereocenters. The van der Waals surface area contributed by atoms with Crippen molar-refractivity contribution in [1.29, 1.82) is 0 Å². The van der Waals surface area contributed by atoms with E-state index >= 15 is 0 Å². The maximum Gasteiger partial charge on any atom is 0.332 e. The van der Waals surface area contributed by atoms with Crippen LogP contribution in [0, 0.1) is 12.8 Å². The van der Waals surface area contributed by atoms with Crippen LogP contribution in [-0.4, -0.2) is 28.1 Å². The van der Waals surface area contributed by atoms with Crippen molar-refractivity contribution >= 4 is 24.0 Å². The molecule has 0 radical (unpaired) electrons. The van der Waals surface area contributed by atoms with Gasteiger partial charge < -0.3 is 14.9 Å². The molecule has 6 nitrogen and oxygen atoms in total. The van der Waals surface area contributed by atoms with Crippen LogP contribution in [0.5, 0.6) is 5.75 Å². The highest BCUT2D eigenvalue weighted by molar-refractivity contribution is 5.99. The van der Waals surface area contributed by atoms with Crippen molar-refractivity contribution in [3.05, 3.63) is 71.3 Å². The molecule has 2 aromatic carbocycles. The summed E-state index contributed by atoms with van der Waals surface area (Å²) in [7, 11) is 0. The molecule has 0 aliphatic heterocycles. The summed E-state index contributed by atoms with van der Waals surface area (Å²) in [4.78, 5) is 35.2. The molecule has 0 spiro atoms. The minimum absolute atomic E-state index is 0.272. The van der Waals surface area contributed by atoms with Crippen molar-refractivity contribution in [3.63, 3.8) is 0 Å². The standard InChI is InChI=1S/C20H18O6/c1-13-7-9-15(10-8-13)26-18(21)12-17(20(24)25)16(19(22)23)11-14-5-3-2-4-6-14/h2-11,17H,12H2,1H3,(H,22,23)(H,24,25). The second-order valence-electron chi connectivity index (χ2n) is 5.70. The van der Waals surface area contributed by atoms with Crippen LogP contribution in [0.3, 0.4) is 0 Å². The predicted molar refractivity (Wildman–Crippen MR) is 94.6 cm³/mol. The maximum atomic E-state index is 12.1. The fraction of sp³-hybridized carbons (Fsp3) is 0.150. The molecule has 26 heavy (non-hydrogen) atoms. The van der Waals surface area contributed by atoms with Crippen molar-refractivity contribution in [2.45, 2.75) is 13.3 Å². The molecule has 0 saturated carbocycles. The molecule has 0 aromatic heterocycles. The summed E-state index contributed by atoms with van der Waals surface area (Å²) in [5.41, 5.74) is 1.12. The zero-order valence-electron chi connectivity index (χ0n) is 14.1. The molecule has 0 bridgehead atoms. The SMILES string of the molecule is Cc1ccc(OC(=O)CC(C(=O)O)C(=Cc2ccccc2)C(=O)O)cc1. The molecular weight excluding hydrogens is 336 g/mol. The van der Waals surface area contributed by atoms with Crippen molar-refractivity contribution in [3.8, 4) is 5.75 Å². The lowest BCUT2D eigenvalue weighted by molar-refractivity contribution is -0.147. The molecular formula is C20H18O6. The summed E-state index contributed by atoms with van der Waals surface area (Å²) in [6.07, 6.45) is 0.661. The minimum atomic E-state index is -1.52. The number of hydrogen-bond acceptors (Lipinski definition) is 4. The van der Waals surface area contributed by atoms with Crippen molar-refractivity contribution in [2.24, 2.45) is 5.92 Å². The highest BCUT2D eigenvalue weighted by Gasteiger charge is 2.30. The van der Waals surface area contributed by atoms with Crippen molar-refractivity contribution in [1.82, 2.24) is 0 Å². The van der Waals surface area contributed by atoms with E-state index < -0.39 is 30.2 Å². The summed E-state index contributed by atoms with van der Waals surface area (Å²) in [6.45, 7) is 1.87. The van der Waals surface area contributed by atoms with E-state index in [0.29, 0.717) is 5.56 Å². The first kappa shape index (κ1) is 18.9. The second-order valence-corrected chi connectivity index (χ2v) is 5.70. The molecule has 2 rings (SSSR count). The van der Waals surface area contributed by atoms with Crippen LogP contribution in [0.25, 0.3) is 6.08 Å². The van der Waals surface area contributed by atoms with E-state index in [-0.39, 0.29) is 11.3 Å². The third-order valence-corrected chi connectivity index (χ3v) is 3.67. The maximum absolute atomic E-state index is 12.1. The van der Waals surface area contributed by atoms with Crippen LogP contribution in [0.4, 0.5) is 0 Å². The Kier molecular flexibility index (Phi) is 6.27. The second kappa shape index (κ2) is 8.62. The van der Waals surface area contributed by atoms with Gasteiger partial charge >= 0.3 is 17.9 Å². The summed E-state index contributed by atoms with van der Waals surface area (Å²) < 4.78 is 5.11. The lowest BCUT2D eigenvalue weighted by atomic mass is 9.93. The number of esters is 1. The summed E-state index contributed by atoms with van der Waals surface area (Å²) in [5.74, 6) is -4.87. The number of rotatable bonds is 7. The Morgan fingerprint density at radius 3 is 2.15 bits per heavy atom. The van der Waals surface area contributed by atoms with Crippen molar-refractivity contribution in [2.75, 3.05) is 0 Å². The first-order valence-electron chi connectivity index (χ1n) is 7.87. The van der Waals surface area contributed by atoms with E-state index in [1.54, 1.807) is 54.6 Å². The van der Waals surface area contributed by atoms with Gasteiger partial charge in [0.2, 0.25) is 0 Å². The smallest absolute Gasteiger partial charge is 0.332 e. The third-order valence-electron chi connectivity index (χ3n) is 3.67. The molecule has 0 aliphatic rings. The molecule has 2 N–H and O–H groups in total. The summed E-state index contributed by atoms with van der Waals surface area (Å²) in [5, 5.41) is 18.8. The monoisotopic (exact) mass is 354 g/mol. The van der Waals surface area contributed by atoms with E-state index in [0.717, 1.165) is 5.56 Å². The van der Waals surface area contributed by atoms with Gasteiger partial charge in [-0.25, -0.2) is 4.79 Å². The minimum Gasteiger partial charge on any atom is -0.481 e. The molecule has 0 heterocycles. The van der Waals surface area contributed by atoms with Gasteiger partial charge in [0, 0.05) is 0 Å². The Hall–Kier alpha value is -3.41. The van der Waals surface area contributed by atoms with Gasteiger partial charge in [0.05, 0.1) is 17.9 Å². The Morgan fingerprint density at radius 1 is 1.00 bits per heavy atom. The van der Waals surface area contributed by atoms with Gasteiger partial charge in [-0.15, -0.1) is 0 Å². The van der Waals surface area contributed by atoms with Crippen LogP contribution < -0.4 is 4.74 Å². The largest absolute Gasteiger partial charge is 0.481 e. The van der Waals surface area contributed by atoms with E-state index in [1.807, 2.05) is 6.92 Å². The highest BCUT2D eigenvalue weighted by atomic mass is 16.5. The van der Waals surface area contributed by atoms with Gasteiger partial charge in [0.15, 0.2) is 0 Å². The van der Waals surface area contributed by atoms with Crippen LogP contribution in [0.1, 0.15) is 17.5 Å². The van der Waals surface area contributed by atoms with Crippen molar-refractivity contribution < 1.29 is 29.3 Å².